The zero-order valence-corrected chi connectivity index (χ0v) is 13.9. The van der Waals surface area contributed by atoms with Crippen LogP contribution in [0.25, 0.3) is 17.3 Å². The third-order valence-corrected chi connectivity index (χ3v) is 4.27. The van der Waals surface area contributed by atoms with Gasteiger partial charge in [0.25, 0.3) is 0 Å². The zero-order chi connectivity index (χ0) is 16.9. The first kappa shape index (κ1) is 16.4. The smallest absolute Gasteiger partial charge is 0.250 e. The van der Waals surface area contributed by atoms with Gasteiger partial charge in [0.1, 0.15) is 5.82 Å². The van der Waals surface area contributed by atoms with Crippen LogP contribution >= 0.6 is 22.9 Å². The Morgan fingerprint density at radius 1 is 1.17 bits per heavy atom. The molecule has 3 rings (SSSR count). The lowest BCUT2D eigenvalue weighted by Crippen LogP contribution is -2.07. The maximum absolute atomic E-state index is 12.8. The molecular formula is C18H12ClFN2OS. The van der Waals surface area contributed by atoms with Crippen LogP contribution in [0, 0.1) is 5.82 Å². The predicted molar refractivity (Wildman–Crippen MR) is 96.6 cm³/mol. The van der Waals surface area contributed by atoms with Crippen molar-refractivity contribution in [1.29, 1.82) is 0 Å². The number of anilines is 1. The van der Waals surface area contributed by atoms with E-state index >= 15 is 0 Å². The molecule has 1 amide bonds. The molecule has 0 aliphatic rings. The summed E-state index contributed by atoms with van der Waals surface area (Å²) in [5, 5.41) is 5.62. The van der Waals surface area contributed by atoms with Crippen molar-refractivity contribution in [3.63, 3.8) is 0 Å². The first-order valence-electron chi connectivity index (χ1n) is 7.07. The van der Waals surface area contributed by atoms with Crippen LogP contribution in [0.5, 0.6) is 0 Å². The van der Waals surface area contributed by atoms with Crippen molar-refractivity contribution in [3.8, 4) is 11.3 Å². The number of aromatic nitrogens is 1. The van der Waals surface area contributed by atoms with Crippen LogP contribution in [-0.4, -0.2) is 10.9 Å². The molecule has 0 bridgehead atoms. The van der Waals surface area contributed by atoms with Gasteiger partial charge in [0.15, 0.2) is 5.13 Å². The summed E-state index contributed by atoms with van der Waals surface area (Å²) in [5.41, 5.74) is 2.27. The highest BCUT2D eigenvalue weighted by molar-refractivity contribution is 7.14. The molecule has 0 atom stereocenters. The highest BCUT2D eigenvalue weighted by Gasteiger charge is 2.08. The predicted octanol–water partition coefficient (Wildman–Crippen LogP) is 5.25. The molecule has 6 heteroatoms. The van der Waals surface area contributed by atoms with Crippen molar-refractivity contribution >= 4 is 40.1 Å². The minimum absolute atomic E-state index is 0.306. The van der Waals surface area contributed by atoms with Crippen molar-refractivity contribution in [1.82, 2.24) is 4.98 Å². The summed E-state index contributed by atoms with van der Waals surface area (Å²) >= 11 is 7.46. The number of rotatable bonds is 4. The highest BCUT2D eigenvalue weighted by Crippen LogP contribution is 2.30. The molecule has 0 saturated heterocycles. The molecule has 3 nitrogen and oxygen atoms in total. The molecule has 1 aromatic heterocycles. The second-order valence-electron chi connectivity index (χ2n) is 4.89. The average molecular weight is 359 g/mol. The van der Waals surface area contributed by atoms with Crippen LogP contribution < -0.4 is 5.32 Å². The SMILES string of the molecule is O=C(/C=C/c1ccc(F)cc1)Nc1nc(-c2ccccc2Cl)cs1. The van der Waals surface area contributed by atoms with Gasteiger partial charge < -0.3 is 0 Å². The summed E-state index contributed by atoms with van der Waals surface area (Å²) in [4.78, 5) is 16.3. The van der Waals surface area contributed by atoms with Crippen LogP contribution in [0.15, 0.2) is 60.0 Å². The molecule has 0 aliphatic heterocycles. The van der Waals surface area contributed by atoms with E-state index in [2.05, 4.69) is 10.3 Å². The number of thiazole rings is 1. The molecule has 0 unspecified atom stereocenters. The van der Waals surface area contributed by atoms with E-state index in [0.717, 1.165) is 11.1 Å². The van der Waals surface area contributed by atoms with E-state index in [1.807, 2.05) is 23.6 Å². The topological polar surface area (TPSA) is 42.0 Å². The summed E-state index contributed by atoms with van der Waals surface area (Å²) < 4.78 is 12.8. The van der Waals surface area contributed by atoms with E-state index in [9.17, 15) is 9.18 Å². The largest absolute Gasteiger partial charge is 0.298 e. The van der Waals surface area contributed by atoms with Crippen molar-refractivity contribution in [2.75, 3.05) is 5.32 Å². The van der Waals surface area contributed by atoms with Crippen molar-refractivity contribution in [2.45, 2.75) is 0 Å². The number of hydrogen-bond acceptors (Lipinski definition) is 3. The van der Waals surface area contributed by atoms with E-state index in [1.54, 1.807) is 24.3 Å². The molecule has 120 valence electrons. The van der Waals surface area contributed by atoms with Gasteiger partial charge in [0.2, 0.25) is 5.91 Å². The number of carbonyl (C=O) groups excluding carboxylic acids is 1. The highest BCUT2D eigenvalue weighted by atomic mass is 35.5. The monoisotopic (exact) mass is 358 g/mol. The molecule has 24 heavy (non-hydrogen) atoms. The molecule has 0 spiro atoms. The Morgan fingerprint density at radius 2 is 1.92 bits per heavy atom. The van der Waals surface area contributed by atoms with Crippen LogP contribution in [0.2, 0.25) is 5.02 Å². The molecule has 2 aromatic carbocycles. The maximum Gasteiger partial charge on any atom is 0.250 e. The van der Waals surface area contributed by atoms with Crippen LogP contribution in [0.4, 0.5) is 9.52 Å². The minimum atomic E-state index is -0.313. The number of nitrogens with one attached hydrogen (secondary N) is 1. The standard InChI is InChI=1S/C18H12ClFN2OS/c19-15-4-2-1-3-14(15)16-11-24-18(21-16)22-17(23)10-7-12-5-8-13(20)9-6-12/h1-11H,(H,21,22,23)/b10-7+. The Labute approximate surface area is 147 Å². The summed E-state index contributed by atoms with van der Waals surface area (Å²) in [7, 11) is 0. The first-order chi connectivity index (χ1) is 11.6. The number of carbonyl (C=O) groups is 1. The van der Waals surface area contributed by atoms with Crippen LogP contribution in [-0.2, 0) is 4.79 Å². The summed E-state index contributed by atoms with van der Waals surface area (Å²) in [6, 6.07) is 13.3. The third kappa shape index (κ3) is 4.07. The zero-order valence-electron chi connectivity index (χ0n) is 12.4. The van der Waals surface area contributed by atoms with Crippen LogP contribution in [0.3, 0.4) is 0 Å². The minimum Gasteiger partial charge on any atom is -0.298 e. The first-order valence-corrected chi connectivity index (χ1v) is 8.32. The molecule has 0 radical (unpaired) electrons. The quantitative estimate of drug-likeness (QED) is 0.647. The second kappa shape index (κ2) is 7.38. The van der Waals surface area contributed by atoms with Crippen molar-refractivity contribution in [2.24, 2.45) is 0 Å². The number of halogens is 2. The van der Waals surface area contributed by atoms with Gasteiger partial charge >= 0.3 is 0 Å². The molecule has 1 heterocycles. The molecule has 0 aliphatic carbocycles. The van der Waals surface area contributed by atoms with Gasteiger partial charge in [0, 0.05) is 22.0 Å². The summed E-state index contributed by atoms with van der Waals surface area (Å²) in [5.74, 6) is -0.620. The number of hydrogen-bond donors (Lipinski definition) is 1. The fraction of sp³-hybridized carbons (Fsp3) is 0. The fourth-order valence-corrected chi connectivity index (χ4v) is 2.96. The van der Waals surface area contributed by atoms with Crippen LogP contribution in [0.1, 0.15) is 5.56 Å². The van der Waals surface area contributed by atoms with Crippen molar-refractivity contribution in [3.05, 3.63) is 76.4 Å². The number of nitrogens with zero attached hydrogens (tertiary/aromatic N) is 1. The fourth-order valence-electron chi connectivity index (χ4n) is 2.02. The third-order valence-electron chi connectivity index (χ3n) is 3.18. The van der Waals surface area contributed by atoms with E-state index in [4.69, 9.17) is 11.6 Å². The number of amides is 1. The maximum atomic E-state index is 12.8. The van der Waals surface area contributed by atoms with Gasteiger partial charge in [-0.05, 0) is 29.8 Å². The number of benzene rings is 2. The Balaban J connectivity index is 1.67. The Kier molecular flexibility index (Phi) is 5.03. The molecule has 0 saturated carbocycles. The Hall–Kier alpha value is -2.50. The van der Waals surface area contributed by atoms with Gasteiger partial charge in [-0.25, -0.2) is 9.37 Å². The lowest BCUT2D eigenvalue weighted by molar-refractivity contribution is -0.111. The van der Waals surface area contributed by atoms with Gasteiger partial charge in [-0.1, -0.05) is 41.9 Å². The molecular weight excluding hydrogens is 347 g/mol. The van der Waals surface area contributed by atoms with Gasteiger partial charge in [-0.15, -0.1) is 11.3 Å². The van der Waals surface area contributed by atoms with Gasteiger partial charge in [-0.3, -0.25) is 10.1 Å². The molecule has 1 N–H and O–H groups in total. The van der Waals surface area contributed by atoms with Gasteiger partial charge in [0.05, 0.1) is 5.69 Å². The van der Waals surface area contributed by atoms with Crippen molar-refractivity contribution < 1.29 is 9.18 Å². The lowest BCUT2D eigenvalue weighted by atomic mass is 10.2. The Bertz CT molecular complexity index is 890. The average Bonchev–Trinajstić information content (AvgIpc) is 3.03. The van der Waals surface area contributed by atoms with E-state index in [-0.39, 0.29) is 11.7 Å². The summed E-state index contributed by atoms with van der Waals surface area (Å²) in [6.45, 7) is 0. The normalized spacial score (nSPS) is 10.9. The summed E-state index contributed by atoms with van der Waals surface area (Å²) in [6.07, 6.45) is 2.99. The van der Waals surface area contributed by atoms with Gasteiger partial charge in [-0.2, -0.15) is 0 Å². The second-order valence-corrected chi connectivity index (χ2v) is 6.16. The molecule has 3 aromatic rings. The molecule has 0 fully saturated rings. The van der Waals surface area contributed by atoms with E-state index in [1.165, 1.54) is 29.5 Å². The van der Waals surface area contributed by atoms with E-state index in [0.29, 0.717) is 15.8 Å². The Morgan fingerprint density at radius 3 is 2.67 bits per heavy atom. The lowest BCUT2D eigenvalue weighted by Gasteiger charge is -1.99. The van der Waals surface area contributed by atoms with E-state index < -0.39 is 0 Å².